The van der Waals surface area contributed by atoms with Crippen molar-refractivity contribution in [3.8, 4) is 5.75 Å². The van der Waals surface area contributed by atoms with Gasteiger partial charge in [0.15, 0.2) is 6.10 Å². The van der Waals surface area contributed by atoms with Crippen molar-refractivity contribution in [2.24, 2.45) is 0 Å². The first-order valence-corrected chi connectivity index (χ1v) is 6.92. The minimum Gasteiger partial charge on any atom is -0.479 e. The number of nitrogens with zero attached hydrogens (tertiary/aromatic N) is 1. The van der Waals surface area contributed by atoms with E-state index in [1.807, 2.05) is 0 Å². The fraction of sp³-hybridized carbons (Fsp3) is 0.500. The Morgan fingerprint density at radius 3 is 2.85 bits per heavy atom. The van der Waals surface area contributed by atoms with E-state index in [9.17, 15) is 4.79 Å². The van der Waals surface area contributed by atoms with Crippen LogP contribution in [0.4, 0.5) is 0 Å². The first-order chi connectivity index (χ1) is 9.56. The maximum atomic E-state index is 10.8. The summed E-state index contributed by atoms with van der Waals surface area (Å²) in [5.74, 6) is -0.470. The molecule has 1 fully saturated rings. The van der Waals surface area contributed by atoms with E-state index in [2.05, 4.69) is 4.90 Å². The largest absolute Gasteiger partial charge is 0.479 e. The maximum absolute atomic E-state index is 10.8. The SMILES string of the molecule is CC(Oc1ccc(Cl)c(CN2CCOCC2)c1)C(=O)O. The molecule has 1 unspecified atom stereocenters. The number of benzene rings is 1. The molecule has 20 heavy (non-hydrogen) atoms. The van der Waals surface area contributed by atoms with Crippen LogP contribution < -0.4 is 4.74 Å². The van der Waals surface area contributed by atoms with Gasteiger partial charge in [0.05, 0.1) is 13.2 Å². The molecule has 1 aliphatic rings. The number of carboxylic acids is 1. The second kappa shape index (κ2) is 6.92. The summed E-state index contributed by atoms with van der Waals surface area (Å²) in [6, 6.07) is 5.23. The van der Waals surface area contributed by atoms with Crippen LogP contribution in [-0.4, -0.2) is 48.4 Å². The van der Waals surface area contributed by atoms with Gasteiger partial charge in [0, 0.05) is 24.7 Å². The van der Waals surface area contributed by atoms with Crippen LogP contribution in [-0.2, 0) is 16.1 Å². The van der Waals surface area contributed by atoms with E-state index in [0.717, 1.165) is 31.9 Å². The summed E-state index contributed by atoms with van der Waals surface area (Å²) in [5, 5.41) is 9.51. The van der Waals surface area contributed by atoms with E-state index >= 15 is 0 Å². The molecule has 0 spiro atoms. The molecule has 0 bridgehead atoms. The molecule has 5 nitrogen and oxygen atoms in total. The fourth-order valence-corrected chi connectivity index (χ4v) is 2.18. The molecule has 1 saturated heterocycles. The van der Waals surface area contributed by atoms with Crippen LogP contribution in [0.1, 0.15) is 12.5 Å². The Kier molecular flexibility index (Phi) is 5.23. The number of ether oxygens (including phenoxy) is 2. The van der Waals surface area contributed by atoms with Gasteiger partial charge in [-0.1, -0.05) is 11.6 Å². The Hall–Kier alpha value is -1.30. The van der Waals surface area contributed by atoms with Gasteiger partial charge in [-0.15, -0.1) is 0 Å². The molecule has 2 rings (SSSR count). The van der Waals surface area contributed by atoms with Crippen molar-refractivity contribution in [2.75, 3.05) is 26.3 Å². The van der Waals surface area contributed by atoms with Gasteiger partial charge in [-0.25, -0.2) is 4.79 Å². The molecule has 110 valence electrons. The van der Waals surface area contributed by atoms with Gasteiger partial charge in [0.25, 0.3) is 0 Å². The molecule has 0 saturated carbocycles. The molecule has 1 aromatic carbocycles. The molecule has 0 radical (unpaired) electrons. The topological polar surface area (TPSA) is 59.0 Å². The summed E-state index contributed by atoms with van der Waals surface area (Å²) in [4.78, 5) is 13.0. The third-order valence-corrected chi connectivity index (χ3v) is 3.54. The average Bonchev–Trinajstić information content (AvgIpc) is 2.43. The van der Waals surface area contributed by atoms with Gasteiger partial charge < -0.3 is 14.6 Å². The van der Waals surface area contributed by atoms with Crippen molar-refractivity contribution in [2.45, 2.75) is 19.6 Å². The minimum atomic E-state index is -0.991. The van der Waals surface area contributed by atoms with Crippen LogP contribution in [0.15, 0.2) is 18.2 Å². The van der Waals surface area contributed by atoms with Crippen LogP contribution in [0.2, 0.25) is 5.02 Å². The summed E-state index contributed by atoms with van der Waals surface area (Å²) in [6.07, 6.45) is -0.882. The molecule has 1 N–H and O–H groups in total. The second-order valence-electron chi connectivity index (χ2n) is 4.74. The van der Waals surface area contributed by atoms with Gasteiger partial charge in [-0.2, -0.15) is 0 Å². The lowest BCUT2D eigenvalue weighted by Gasteiger charge is -2.27. The van der Waals surface area contributed by atoms with Gasteiger partial charge in [0.1, 0.15) is 5.75 Å². The third-order valence-electron chi connectivity index (χ3n) is 3.18. The maximum Gasteiger partial charge on any atom is 0.344 e. The lowest BCUT2D eigenvalue weighted by molar-refractivity contribution is -0.144. The van der Waals surface area contributed by atoms with Crippen molar-refractivity contribution < 1.29 is 19.4 Å². The van der Waals surface area contributed by atoms with Gasteiger partial charge in [-0.3, -0.25) is 4.90 Å². The summed E-state index contributed by atoms with van der Waals surface area (Å²) in [6.45, 7) is 5.40. The van der Waals surface area contributed by atoms with E-state index in [1.54, 1.807) is 18.2 Å². The zero-order valence-corrected chi connectivity index (χ0v) is 12.1. The molecule has 0 aliphatic carbocycles. The highest BCUT2D eigenvalue weighted by molar-refractivity contribution is 6.31. The van der Waals surface area contributed by atoms with Crippen LogP contribution >= 0.6 is 11.6 Å². The van der Waals surface area contributed by atoms with Crippen LogP contribution in [0.25, 0.3) is 0 Å². The fourth-order valence-electron chi connectivity index (χ4n) is 2.00. The Morgan fingerprint density at radius 1 is 1.50 bits per heavy atom. The molecule has 0 aromatic heterocycles. The van der Waals surface area contributed by atoms with Gasteiger partial charge in [-0.05, 0) is 30.7 Å². The highest BCUT2D eigenvalue weighted by Gasteiger charge is 2.15. The monoisotopic (exact) mass is 299 g/mol. The predicted octanol–water partition coefficient (Wildman–Crippen LogP) is 2.02. The normalized spacial score (nSPS) is 17.7. The molecule has 1 heterocycles. The Labute approximate surface area is 123 Å². The van der Waals surface area contributed by atoms with Crippen LogP contribution in [0.5, 0.6) is 5.75 Å². The number of rotatable bonds is 5. The van der Waals surface area contributed by atoms with Crippen molar-refractivity contribution in [1.29, 1.82) is 0 Å². The summed E-state index contributed by atoms with van der Waals surface area (Å²) in [7, 11) is 0. The van der Waals surface area contributed by atoms with Crippen molar-refractivity contribution in [3.05, 3.63) is 28.8 Å². The van der Waals surface area contributed by atoms with E-state index in [1.165, 1.54) is 6.92 Å². The summed E-state index contributed by atoms with van der Waals surface area (Å²) in [5.41, 5.74) is 0.934. The first-order valence-electron chi connectivity index (χ1n) is 6.54. The van der Waals surface area contributed by atoms with Crippen molar-refractivity contribution >= 4 is 17.6 Å². The lowest BCUT2D eigenvalue weighted by atomic mass is 10.2. The third kappa shape index (κ3) is 4.10. The number of carbonyl (C=O) groups is 1. The highest BCUT2D eigenvalue weighted by atomic mass is 35.5. The van der Waals surface area contributed by atoms with Gasteiger partial charge >= 0.3 is 5.97 Å². The number of morpholine rings is 1. The molecular weight excluding hydrogens is 282 g/mol. The molecule has 6 heteroatoms. The molecular formula is C14H18ClNO4. The van der Waals surface area contributed by atoms with Crippen molar-refractivity contribution in [3.63, 3.8) is 0 Å². The van der Waals surface area contributed by atoms with Gasteiger partial charge in [0.2, 0.25) is 0 Å². The Morgan fingerprint density at radius 2 is 2.20 bits per heavy atom. The van der Waals surface area contributed by atoms with Crippen LogP contribution in [0, 0.1) is 0 Å². The lowest BCUT2D eigenvalue weighted by Crippen LogP contribution is -2.35. The summed E-state index contributed by atoms with van der Waals surface area (Å²) < 4.78 is 10.7. The minimum absolute atomic E-state index is 0.521. The molecule has 1 atom stereocenters. The van der Waals surface area contributed by atoms with E-state index in [4.69, 9.17) is 26.2 Å². The molecule has 0 amide bonds. The first kappa shape index (κ1) is 15.1. The number of carboxylic acid groups (broad SMARTS) is 1. The van der Waals surface area contributed by atoms with Crippen molar-refractivity contribution in [1.82, 2.24) is 4.90 Å². The number of aliphatic carboxylic acids is 1. The predicted molar refractivity (Wildman–Crippen MR) is 75.3 cm³/mol. The zero-order valence-electron chi connectivity index (χ0n) is 11.3. The number of hydrogen-bond acceptors (Lipinski definition) is 4. The smallest absolute Gasteiger partial charge is 0.344 e. The summed E-state index contributed by atoms with van der Waals surface area (Å²) >= 11 is 6.18. The zero-order chi connectivity index (χ0) is 14.5. The average molecular weight is 300 g/mol. The number of halogens is 1. The van der Waals surface area contributed by atoms with E-state index in [-0.39, 0.29) is 0 Å². The van der Waals surface area contributed by atoms with E-state index < -0.39 is 12.1 Å². The molecule has 1 aromatic rings. The van der Waals surface area contributed by atoms with Crippen LogP contribution in [0.3, 0.4) is 0 Å². The van der Waals surface area contributed by atoms with E-state index in [0.29, 0.717) is 17.3 Å². The Bertz CT molecular complexity index is 474. The number of hydrogen-bond donors (Lipinski definition) is 1. The molecule has 1 aliphatic heterocycles. The Balaban J connectivity index is 2.05. The standard InChI is InChI=1S/C14H18ClNO4/c1-10(14(17)18)20-12-2-3-13(15)11(8-12)9-16-4-6-19-7-5-16/h2-3,8,10H,4-7,9H2,1H3,(H,17,18). The quantitative estimate of drug-likeness (QED) is 0.901. The highest BCUT2D eigenvalue weighted by Crippen LogP contribution is 2.24. The second-order valence-corrected chi connectivity index (χ2v) is 5.15.